The topological polar surface area (TPSA) is 88.0 Å². The zero-order valence-corrected chi connectivity index (χ0v) is 20.9. The van der Waals surface area contributed by atoms with Crippen molar-refractivity contribution in [3.05, 3.63) is 53.7 Å². The molecule has 1 unspecified atom stereocenters. The van der Waals surface area contributed by atoms with Gasteiger partial charge >= 0.3 is 6.61 Å². The van der Waals surface area contributed by atoms with Crippen LogP contribution in [-0.2, 0) is 6.54 Å². The van der Waals surface area contributed by atoms with Gasteiger partial charge in [-0.05, 0) is 56.4 Å². The van der Waals surface area contributed by atoms with Crippen LogP contribution in [0.4, 0.5) is 8.78 Å². The van der Waals surface area contributed by atoms with Gasteiger partial charge in [-0.3, -0.25) is 0 Å². The quantitative estimate of drug-likeness (QED) is 0.221. The Morgan fingerprint density at radius 1 is 1.18 bits per heavy atom. The summed E-state index contributed by atoms with van der Waals surface area (Å²) in [6.45, 7) is 0.296. The largest absolute Gasteiger partial charge is 0.474 e. The van der Waals surface area contributed by atoms with E-state index >= 15 is 0 Å². The molecule has 182 valence electrons. The summed E-state index contributed by atoms with van der Waals surface area (Å²) in [5.41, 5.74) is 1.47. The van der Waals surface area contributed by atoms with Gasteiger partial charge in [-0.25, -0.2) is 9.98 Å². The predicted octanol–water partition coefficient (Wildman–Crippen LogP) is 4.41. The van der Waals surface area contributed by atoms with E-state index in [0.717, 1.165) is 18.4 Å². The molecule has 7 nitrogen and oxygen atoms in total. The van der Waals surface area contributed by atoms with Crippen LogP contribution in [0.5, 0.6) is 11.6 Å². The Morgan fingerprint density at radius 2 is 1.91 bits per heavy atom. The number of hydrogen-bond acceptors (Lipinski definition) is 5. The van der Waals surface area contributed by atoms with E-state index in [1.165, 1.54) is 25.0 Å². The highest BCUT2D eigenvalue weighted by Crippen LogP contribution is 2.25. The van der Waals surface area contributed by atoms with Crippen molar-refractivity contribution >= 4 is 29.9 Å². The van der Waals surface area contributed by atoms with Gasteiger partial charge in [0, 0.05) is 24.8 Å². The van der Waals surface area contributed by atoms with Crippen LogP contribution in [0.3, 0.4) is 0 Å². The molecular weight excluding hydrogens is 545 g/mol. The Morgan fingerprint density at radius 3 is 2.58 bits per heavy atom. The first-order valence-electron chi connectivity index (χ1n) is 10.9. The fourth-order valence-electron chi connectivity index (χ4n) is 3.50. The van der Waals surface area contributed by atoms with Crippen molar-refractivity contribution in [1.82, 2.24) is 15.6 Å². The molecule has 1 aliphatic carbocycles. The zero-order chi connectivity index (χ0) is 22.8. The Balaban J connectivity index is 0.00000385. The summed E-state index contributed by atoms with van der Waals surface area (Å²) >= 11 is 0. The third-order valence-corrected chi connectivity index (χ3v) is 5.14. The minimum Gasteiger partial charge on any atom is -0.474 e. The minimum atomic E-state index is -2.88. The first-order chi connectivity index (χ1) is 15.5. The second-order valence-corrected chi connectivity index (χ2v) is 7.53. The summed E-state index contributed by atoms with van der Waals surface area (Å²) in [6, 6.07) is 9.71. The SMILES string of the molecule is CCNC(=NCc1cccnc1OC1CCCC1)NCC(O)c1ccc(OC(F)F)cc1.I. The maximum Gasteiger partial charge on any atom is 0.387 e. The monoisotopic (exact) mass is 576 g/mol. The number of ether oxygens (including phenoxy) is 2. The van der Waals surface area contributed by atoms with Crippen LogP contribution >= 0.6 is 24.0 Å². The Hall–Kier alpha value is -2.21. The van der Waals surface area contributed by atoms with Crippen molar-refractivity contribution in [2.75, 3.05) is 13.1 Å². The van der Waals surface area contributed by atoms with E-state index < -0.39 is 12.7 Å². The van der Waals surface area contributed by atoms with Gasteiger partial charge in [0.2, 0.25) is 5.88 Å². The van der Waals surface area contributed by atoms with E-state index in [2.05, 4.69) is 25.3 Å². The molecule has 1 aromatic heterocycles. The van der Waals surface area contributed by atoms with Crippen molar-refractivity contribution in [2.24, 2.45) is 4.99 Å². The fraction of sp³-hybridized carbons (Fsp3) is 0.478. The van der Waals surface area contributed by atoms with E-state index in [1.807, 2.05) is 19.1 Å². The highest BCUT2D eigenvalue weighted by atomic mass is 127. The van der Waals surface area contributed by atoms with Crippen molar-refractivity contribution in [3.63, 3.8) is 0 Å². The molecule has 1 atom stereocenters. The molecule has 1 aliphatic rings. The Kier molecular flexibility index (Phi) is 11.6. The van der Waals surface area contributed by atoms with Gasteiger partial charge in [0.1, 0.15) is 11.9 Å². The highest BCUT2D eigenvalue weighted by molar-refractivity contribution is 14.0. The molecule has 10 heteroatoms. The van der Waals surface area contributed by atoms with Crippen molar-refractivity contribution in [1.29, 1.82) is 0 Å². The van der Waals surface area contributed by atoms with Crippen LogP contribution in [-0.4, -0.2) is 41.9 Å². The standard InChI is InChI=1S/C23H30F2N4O3.HI/c1-2-26-23(29-15-20(30)16-9-11-19(12-10-16)32-22(24)25)28-14-17-6-5-13-27-21(17)31-18-7-3-4-8-18;/h5-6,9-13,18,20,22,30H,2-4,7-8,14-15H2,1H3,(H2,26,28,29);1H. The molecule has 0 aliphatic heterocycles. The molecule has 3 rings (SSSR count). The molecular formula is C23H31F2IN4O3. The number of aliphatic imine (C=N–C) groups is 1. The van der Waals surface area contributed by atoms with Gasteiger partial charge in [0.25, 0.3) is 0 Å². The van der Waals surface area contributed by atoms with Crippen LogP contribution in [0.1, 0.15) is 49.8 Å². The number of pyridine rings is 1. The van der Waals surface area contributed by atoms with Crippen molar-refractivity contribution in [3.8, 4) is 11.6 Å². The summed E-state index contributed by atoms with van der Waals surface area (Å²) in [5.74, 6) is 1.20. The van der Waals surface area contributed by atoms with Gasteiger partial charge in [0.15, 0.2) is 5.96 Å². The van der Waals surface area contributed by atoms with Crippen LogP contribution in [0.25, 0.3) is 0 Å². The lowest BCUT2D eigenvalue weighted by atomic mass is 10.1. The Bertz CT molecular complexity index is 865. The zero-order valence-electron chi connectivity index (χ0n) is 18.5. The number of halogens is 3. The molecule has 1 saturated carbocycles. The van der Waals surface area contributed by atoms with Crippen molar-refractivity contribution < 1.29 is 23.4 Å². The average molecular weight is 576 g/mol. The molecule has 3 N–H and O–H groups in total. The highest BCUT2D eigenvalue weighted by Gasteiger charge is 2.18. The van der Waals surface area contributed by atoms with Gasteiger partial charge in [-0.2, -0.15) is 8.78 Å². The molecule has 0 spiro atoms. The number of aliphatic hydroxyl groups is 1. The van der Waals surface area contributed by atoms with Gasteiger partial charge in [-0.15, -0.1) is 24.0 Å². The summed E-state index contributed by atoms with van der Waals surface area (Å²) in [4.78, 5) is 8.97. The third-order valence-electron chi connectivity index (χ3n) is 5.14. The van der Waals surface area contributed by atoms with Crippen molar-refractivity contribution in [2.45, 2.75) is 58.0 Å². The van der Waals surface area contributed by atoms with E-state index in [-0.39, 0.29) is 42.4 Å². The molecule has 33 heavy (non-hydrogen) atoms. The summed E-state index contributed by atoms with van der Waals surface area (Å²) < 4.78 is 34.9. The lowest BCUT2D eigenvalue weighted by Gasteiger charge is -2.17. The number of aromatic nitrogens is 1. The molecule has 0 amide bonds. The van der Waals surface area contributed by atoms with Gasteiger partial charge in [0.05, 0.1) is 12.6 Å². The van der Waals surface area contributed by atoms with E-state index in [4.69, 9.17) is 4.74 Å². The molecule has 1 aromatic carbocycles. The van der Waals surface area contributed by atoms with Gasteiger partial charge in [-0.1, -0.05) is 18.2 Å². The number of aliphatic hydroxyl groups excluding tert-OH is 1. The first-order valence-corrected chi connectivity index (χ1v) is 10.9. The molecule has 0 radical (unpaired) electrons. The molecule has 1 fully saturated rings. The van der Waals surface area contributed by atoms with Gasteiger partial charge < -0.3 is 25.2 Å². The number of alkyl halides is 2. The lowest BCUT2D eigenvalue weighted by molar-refractivity contribution is -0.0498. The normalized spacial score (nSPS) is 15.1. The second kappa shape index (κ2) is 14.1. The maximum atomic E-state index is 12.3. The van der Waals surface area contributed by atoms with Crippen LogP contribution in [0.15, 0.2) is 47.6 Å². The average Bonchev–Trinajstić information content (AvgIpc) is 3.29. The summed E-state index contributed by atoms with van der Waals surface area (Å²) in [7, 11) is 0. The predicted molar refractivity (Wildman–Crippen MR) is 133 cm³/mol. The summed E-state index contributed by atoms with van der Waals surface area (Å²) in [5, 5.41) is 16.7. The van der Waals surface area contributed by atoms with Crippen LogP contribution in [0, 0.1) is 0 Å². The molecule has 2 aromatic rings. The number of nitrogens with one attached hydrogen (secondary N) is 2. The van der Waals surface area contributed by atoms with E-state index in [9.17, 15) is 13.9 Å². The second-order valence-electron chi connectivity index (χ2n) is 7.53. The Labute approximate surface area is 210 Å². The van der Waals surface area contributed by atoms with E-state index in [0.29, 0.717) is 30.5 Å². The van der Waals surface area contributed by atoms with Crippen LogP contribution in [0.2, 0.25) is 0 Å². The number of hydrogen-bond donors (Lipinski definition) is 3. The summed E-state index contributed by atoms with van der Waals surface area (Å²) in [6.07, 6.45) is 5.56. The van der Waals surface area contributed by atoms with E-state index in [1.54, 1.807) is 18.3 Å². The first kappa shape index (κ1) is 27.0. The fourth-order valence-corrected chi connectivity index (χ4v) is 3.50. The maximum absolute atomic E-state index is 12.3. The number of nitrogens with zero attached hydrogens (tertiary/aromatic N) is 2. The molecule has 1 heterocycles. The minimum absolute atomic E-state index is 0. The molecule has 0 bridgehead atoms. The lowest BCUT2D eigenvalue weighted by Crippen LogP contribution is -2.39. The number of rotatable bonds is 10. The molecule has 0 saturated heterocycles. The number of guanidine groups is 1. The smallest absolute Gasteiger partial charge is 0.387 e. The number of benzene rings is 1. The third kappa shape index (κ3) is 8.92. The van der Waals surface area contributed by atoms with Crippen LogP contribution < -0.4 is 20.1 Å².